The number of halogens is 1. The summed E-state index contributed by atoms with van der Waals surface area (Å²) >= 11 is 7.21. The molecule has 0 unspecified atom stereocenters. The first-order chi connectivity index (χ1) is 12.4. The summed E-state index contributed by atoms with van der Waals surface area (Å²) in [5.74, 6) is -0.0307. The van der Waals surface area contributed by atoms with Crippen molar-refractivity contribution in [3.05, 3.63) is 73.2 Å². The smallest absolute Gasteiger partial charge is 0.307 e. The van der Waals surface area contributed by atoms with Gasteiger partial charge in [0.25, 0.3) is 0 Å². The summed E-state index contributed by atoms with van der Waals surface area (Å²) in [4.78, 5) is 24.5. The molecule has 6 nitrogen and oxygen atoms in total. The zero-order chi connectivity index (χ0) is 18.7. The number of rotatable bonds is 6. The van der Waals surface area contributed by atoms with Crippen molar-refractivity contribution in [3.63, 3.8) is 0 Å². The third-order valence-corrected chi connectivity index (χ3v) is 4.73. The van der Waals surface area contributed by atoms with Gasteiger partial charge in [0.2, 0.25) is 5.88 Å². The van der Waals surface area contributed by atoms with Crippen molar-refractivity contribution in [2.45, 2.75) is 12.8 Å². The van der Waals surface area contributed by atoms with Crippen LogP contribution in [0, 0.1) is 0 Å². The molecule has 134 valence electrons. The van der Waals surface area contributed by atoms with Crippen molar-refractivity contribution < 1.29 is 19.7 Å². The highest BCUT2D eigenvalue weighted by atomic mass is 35.5. The Morgan fingerprint density at radius 2 is 1.85 bits per heavy atom. The van der Waals surface area contributed by atoms with Crippen LogP contribution in [0.1, 0.15) is 16.0 Å². The van der Waals surface area contributed by atoms with Crippen molar-refractivity contribution in [1.82, 2.24) is 4.98 Å². The molecule has 0 spiro atoms. The monoisotopic (exact) mass is 391 g/mol. The van der Waals surface area contributed by atoms with Gasteiger partial charge in [-0.05, 0) is 35.4 Å². The number of H-pyrrole nitrogens is 1. The molecule has 0 radical (unpaired) electrons. The fraction of sp³-hybridized carbons (Fsp3) is 0.111. The Hall–Kier alpha value is -2.77. The highest BCUT2D eigenvalue weighted by molar-refractivity contribution is 7.09. The van der Waals surface area contributed by atoms with Crippen LogP contribution in [0.5, 0.6) is 17.4 Å². The fourth-order valence-electron chi connectivity index (χ4n) is 2.37. The molecule has 0 aliphatic rings. The second kappa shape index (κ2) is 7.63. The highest BCUT2D eigenvalue weighted by Crippen LogP contribution is 2.31. The van der Waals surface area contributed by atoms with E-state index in [0.717, 1.165) is 16.9 Å². The Balaban J connectivity index is 1.72. The van der Waals surface area contributed by atoms with E-state index in [1.165, 1.54) is 0 Å². The van der Waals surface area contributed by atoms with Gasteiger partial charge in [0.15, 0.2) is 0 Å². The number of aromatic hydroxyl groups is 1. The van der Waals surface area contributed by atoms with Crippen molar-refractivity contribution in [3.8, 4) is 17.4 Å². The molecule has 0 fully saturated rings. The Kier molecular flexibility index (Phi) is 5.29. The molecule has 3 aromatic rings. The zero-order valence-corrected chi connectivity index (χ0v) is 14.9. The van der Waals surface area contributed by atoms with Crippen molar-refractivity contribution in [1.29, 1.82) is 0 Å². The van der Waals surface area contributed by atoms with E-state index in [1.54, 1.807) is 42.5 Å². The van der Waals surface area contributed by atoms with Gasteiger partial charge in [0.05, 0.1) is 16.3 Å². The molecule has 0 bridgehead atoms. The molecule has 2 aromatic carbocycles. The third-order valence-electron chi connectivity index (χ3n) is 3.57. The average Bonchev–Trinajstić information content (AvgIpc) is 2.88. The normalized spacial score (nSPS) is 10.7. The maximum atomic E-state index is 11.2. The van der Waals surface area contributed by atoms with Gasteiger partial charge in [-0.1, -0.05) is 41.1 Å². The minimum absolute atomic E-state index is 0.0478. The zero-order valence-electron chi connectivity index (χ0n) is 13.4. The number of aromatic amines is 1. The van der Waals surface area contributed by atoms with Gasteiger partial charge >= 0.3 is 10.8 Å². The van der Waals surface area contributed by atoms with E-state index in [0.29, 0.717) is 33.4 Å². The number of aliphatic carboxylic acids is 1. The van der Waals surface area contributed by atoms with E-state index in [9.17, 15) is 14.7 Å². The first-order valence-electron chi connectivity index (χ1n) is 7.58. The van der Waals surface area contributed by atoms with Crippen LogP contribution in [0.15, 0.2) is 47.3 Å². The summed E-state index contributed by atoms with van der Waals surface area (Å²) in [7, 11) is 0. The molecule has 26 heavy (non-hydrogen) atoms. The maximum Gasteiger partial charge on any atom is 0.307 e. The van der Waals surface area contributed by atoms with Crippen molar-refractivity contribution in [2.24, 2.45) is 0 Å². The minimum atomic E-state index is -0.893. The number of hydrogen-bond donors (Lipinski definition) is 3. The summed E-state index contributed by atoms with van der Waals surface area (Å²) in [6.45, 7) is 0. The van der Waals surface area contributed by atoms with Crippen molar-refractivity contribution >= 4 is 28.9 Å². The number of ether oxygens (including phenoxy) is 1. The van der Waals surface area contributed by atoms with Crippen LogP contribution in [0.25, 0.3) is 0 Å². The van der Waals surface area contributed by atoms with Crippen molar-refractivity contribution in [2.75, 3.05) is 0 Å². The molecule has 8 heteroatoms. The van der Waals surface area contributed by atoms with Gasteiger partial charge in [-0.15, -0.1) is 0 Å². The SMILES string of the molecule is O=C(O)Cc1ccc(Oc2ccc(Cc3sc(=O)[nH]c3O)cc2Cl)cc1. The second-order valence-electron chi connectivity index (χ2n) is 5.54. The summed E-state index contributed by atoms with van der Waals surface area (Å²) in [6, 6.07) is 11.9. The van der Waals surface area contributed by atoms with Gasteiger partial charge in [0.1, 0.15) is 11.5 Å². The molecule has 1 aromatic heterocycles. The lowest BCUT2D eigenvalue weighted by Gasteiger charge is -2.09. The first kappa shape index (κ1) is 18.0. The van der Waals surface area contributed by atoms with Gasteiger partial charge in [-0.25, -0.2) is 0 Å². The third kappa shape index (κ3) is 4.44. The quantitative estimate of drug-likeness (QED) is 0.593. The molecule has 3 N–H and O–H groups in total. The second-order valence-corrected chi connectivity index (χ2v) is 7.02. The summed E-state index contributed by atoms with van der Waals surface area (Å²) in [6.07, 6.45) is 0.326. The summed E-state index contributed by atoms with van der Waals surface area (Å²) < 4.78 is 5.72. The lowest BCUT2D eigenvalue weighted by atomic mass is 10.1. The molecule has 0 aliphatic carbocycles. The highest BCUT2D eigenvalue weighted by Gasteiger charge is 2.10. The number of hydrogen-bond acceptors (Lipinski definition) is 5. The topological polar surface area (TPSA) is 99.6 Å². The van der Waals surface area contributed by atoms with Gasteiger partial charge in [0, 0.05) is 6.42 Å². The molecule has 0 amide bonds. The molecular weight excluding hydrogens is 378 g/mol. The summed E-state index contributed by atoms with van der Waals surface area (Å²) in [5, 5.41) is 18.8. The van der Waals surface area contributed by atoms with Gasteiger partial charge < -0.3 is 14.9 Å². The maximum absolute atomic E-state index is 11.2. The van der Waals surface area contributed by atoms with E-state index in [2.05, 4.69) is 4.98 Å². The number of benzene rings is 2. The van der Waals surface area contributed by atoms with Gasteiger partial charge in [-0.3, -0.25) is 14.6 Å². The fourth-order valence-corrected chi connectivity index (χ4v) is 3.37. The lowest BCUT2D eigenvalue weighted by Crippen LogP contribution is -1.99. The van der Waals surface area contributed by atoms with Crippen LogP contribution < -0.4 is 9.61 Å². The molecule has 0 saturated carbocycles. The molecule has 1 heterocycles. The Labute approximate surface area is 157 Å². The van der Waals surface area contributed by atoms with E-state index >= 15 is 0 Å². The number of aromatic nitrogens is 1. The Morgan fingerprint density at radius 1 is 1.15 bits per heavy atom. The van der Waals surface area contributed by atoms with E-state index in [4.69, 9.17) is 21.4 Å². The molecular formula is C18H14ClNO5S. The van der Waals surface area contributed by atoms with Crippen LogP contribution >= 0.6 is 22.9 Å². The van der Waals surface area contributed by atoms with Crippen LogP contribution in [-0.2, 0) is 17.6 Å². The average molecular weight is 392 g/mol. The number of carboxylic acids is 1. The number of carbonyl (C=O) groups is 1. The molecule has 0 aliphatic heterocycles. The summed E-state index contributed by atoms with van der Waals surface area (Å²) in [5.41, 5.74) is 1.50. The van der Waals surface area contributed by atoms with E-state index < -0.39 is 5.97 Å². The van der Waals surface area contributed by atoms with Gasteiger partial charge in [-0.2, -0.15) is 0 Å². The largest absolute Gasteiger partial charge is 0.494 e. The van der Waals surface area contributed by atoms with E-state index in [-0.39, 0.29) is 17.2 Å². The molecule has 0 saturated heterocycles. The Bertz CT molecular complexity index is 994. The lowest BCUT2D eigenvalue weighted by molar-refractivity contribution is -0.136. The molecule has 3 rings (SSSR count). The standard InChI is InChI=1S/C18H14ClNO5S/c19-13-7-11(8-15-17(23)20-18(24)26-15)3-6-14(13)25-12-4-1-10(2-5-12)9-16(21)22/h1-7,23H,8-9H2,(H,20,24)(H,21,22). The predicted molar refractivity (Wildman–Crippen MR) is 98.7 cm³/mol. The van der Waals surface area contributed by atoms with Crippen LogP contribution in [0.2, 0.25) is 5.02 Å². The van der Waals surface area contributed by atoms with Crippen LogP contribution in [0.4, 0.5) is 0 Å². The first-order valence-corrected chi connectivity index (χ1v) is 8.78. The van der Waals surface area contributed by atoms with E-state index in [1.807, 2.05) is 0 Å². The molecule has 0 atom stereocenters. The Morgan fingerprint density at radius 3 is 2.42 bits per heavy atom. The number of thiazole rings is 1. The number of carboxylic acid groups (broad SMARTS) is 1. The number of nitrogens with one attached hydrogen (secondary N) is 1. The minimum Gasteiger partial charge on any atom is -0.494 e. The van der Waals surface area contributed by atoms with Crippen LogP contribution in [-0.4, -0.2) is 21.2 Å². The predicted octanol–water partition coefficient (Wildman–Crippen LogP) is 3.81. The van der Waals surface area contributed by atoms with Crippen LogP contribution in [0.3, 0.4) is 0 Å².